The summed E-state index contributed by atoms with van der Waals surface area (Å²) in [5, 5.41) is 3.33. The normalized spacial score (nSPS) is 13.5. The van der Waals surface area contributed by atoms with E-state index in [0.717, 1.165) is 33.8 Å². The molecule has 0 bridgehead atoms. The topological polar surface area (TPSA) is 43.6 Å². The van der Waals surface area contributed by atoms with E-state index < -0.39 is 0 Å². The molecule has 20 heavy (non-hydrogen) atoms. The minimum Gasteiger partial charge on any atom is -0.486 e. The SMILES string of the molecule is Brc1cc(CNCc2ccc3c(c2)OCCO3)oc1Br. The Bertz CT molecular complexity index is 593. The molecular weight excluding hydrogens is 390 g/mol. The lowest BCUT2D eigenvalue weighted by molar-refractivity contribution is 0.171. The van der Waals surface area contributed by atoms with Crippen molar-refractivity contribution in [2.75, 3.05) is 13.2 Å². The number of nitrogens with one attached hydrogen (secondary N) is 1. The third-order valence-corrected chi connectivity index (χ3v) is 4.64. The van der Waals surface area contributed by atoms with Gasteiger partial charge in [0.05, 0.1) is 11.0 Å². The highest BCUT2D eigenvalue weighted by molar-refractivity contribution is 9.13. The van der Waals surface area contributed by atoms with Crippen molar-refractivity contribution in [3.8, 4) is 11.5 Å². The molecule has 3 rings (SSSR count). The Morgan fingerprint density at radius 1 is 1.00 bits per heavy atom. The Morgan fingerprint density at radius 3 is 2.55 bits per heavy atom. The van der Waals surface area contributed by atoms with Gasteiger partial charge in [-0.15, -0.1) is 0 Å². The maximum Gasteiger partial charge on any atom is 0.183 e. The summed E-state index contributed by atoms with van der Waals surface area (Å²) in [7, 11) is 0. The van der Waals surface area contributed by atoms with Gasteiger partial charge in [-0.3, -0.25) is 0 Å². The van der Waals surface area contributed by atoms with Crippen molar-refractivity contribution in [2.24, 2.45) is 0 Å². The van der Waals surface area contributed by atoms with Crippen molar-refractivity contribution >= 4 is 31.9 Å². The molecule has 1 aliphatic rings. The van der Waals surface area contributed by atoms with Gasteiger partial charge in [0.15, 0.2) is 16.2 Å². The first-order valence-electron chi connectivity index (χ1n) is 6.25. The van der Waals surface area contributed by atoms with Gasteiger partial charge >= 0.3 is 0 Å². The van der Waals surface area contributed by atoms with Crippen LogP contribution in [-0.2, 0) is 13.1 Å². The van der Waals surface area contributed by atoms with Gasteiger partial charge < -0.3 is 19.2 Å². The standard InChI is InChI=1S/C14H13Br2NO3/c15-11-6-10(20-14(11)16)8-17-7-9-1-2-12-13(5-9)19-4-3-18-12/h1-2,5-6,17H,3-4,7-8H2. The highest BCUT2D eigenvalue weighted by Crippen LogP contribution is 2.31. The Kier molecular flexibility index (Phi) is 4.33. The van der Waals surface area contributed by atoms with Crippen LogP contribution in [0.3, 0.4) is 0 Å². The molecule has 6 heteroatoms. The van der Waals surface area contributed by atoms with Crippen molar-refractivity contribution in [1.82, 2.24) is 5.32 Å². The Hall–Kier alpha value is -0.980. The second-order valence-electron chi connectivity index (χ2n) is 4.42. The molecule has 1 aromatic carbocycles. The van der Waals surface area contributed by atoms with E-state index in [9.17, 15) is 0 Å². The lowest BCUT2D eigenvalue weighted by Gasteiger charge is -2.18. The van der Waals surface area contributed by atoms with Gasteiger partial charge in [0, 0.05) is 6.54 Å². The fourth-order valence-corrected chi connectivity index (χ4v) is 2.66. The molecule has 4 nitrogen and oxygen atoms in total. The monoisotopic (exact) mass is 401 g/mol. The van der Waals surface area contributed by atoms with Gasteiger partial charge in [0.1, 0.15) is 19.0 Å². The molecule has 0 atom stereocenters. The molecule has 106 valence electrons. The first kappa shape index (κ1) is 14.0. The summed E-state index contributed by atoms with van der Waals surface area (Å²) in [5.74, 6) is 2.51. The van der Waals surface area contributed by atoms with Crippen LogP contribution >= 0.6 is 31.9 Å². The fraction of sp³-hybridized carbons (Fsp3) is 0.286. The number of rotatable bonds is 4. The summed E-state index contributed by atoms with van der Waals surface area (Å²) in [6.45, 7) is 2.64. The summed E-state index contributed by atoms with van der Waals surface area (Å²) >= 11 is 6.72. The minimum atomic E-state index is 0.609. The molecule has 2 heterocycles. The third-order valence-electron chi connectivity index (χ3n) is 2.93. The molecule has 1 N–H and O–H groups in total. The molecule has 1 aliphatic heterocycles. The lowest BCUT2D eigenvalue weighted by atomic mass is 10.2. The van der Waals surface area contributed by atoms with Crippen LogP contribution in [0.4, 0.5) is 0 Å². The average Bonchev–Trinajstić information content (AvgIpc) is 2.77. The van der Waals surface area contributed by atoms with Crippen molar-refractivity contribution in [3.05, 3.63) is 44.7 Å². The fourth-order valence-electron chi connectivity index (χ4n) is 2.01. The average molecular weight is 403 g/mol. The van der Waals surface area contributed by atoms with E-state index in [1.165, 1.54) is 0 Å². The summed E-state index contributed by atoms with van der Waals surface area (Å²) in [6, 6.07) is 7.94. The number of furan rings is 1. The number of ether oxygens (including phenoxy) is 2. The Balaban J connectivity index is 1.58. The van der Waals surface area contributed by atoms with E-state index in [0.29, 0.717) is 24.4 Å². The van der Waals surface area contributed by atoms with E-state index in [1.807, 2.05) is 24.3 Å². The van der Waals surface area contributed by atoms with Gasteiger partial charge in [-0.2, -0.15) is 0 Å². The van der Waals surface area contributed by atoms with Gasteiger partial charge in [0.2, 0.25) is 0 Å². The van der Waals surface area contributed by atoms with Gasteiger partial charge in [-0.05, 0) is 55.6 Å². The highest BCUT2D eigenvalue weighted by Gasteiger charge is 2.11. The van der Waals surface area contributed by atoms with Crippen LogP contribution in [-0.4, -0.2) is 13.2 Å². The molecule has 0 aliphatic carbocycles. The smallest absolute Gasteiger partial charge is 0.183 e. The Morgan fingerprint density at radius 2 is 1.80 bits per heavy atom. The molecule has 0 fully saturated rings. The predicted octanol–water partition coefficient (Wildman–Crippen LogP) is 3.87. The van der Waals surface area contributed by atoms with E-state index in [4.69, 9.17) is 13.9 Å². The zero-order valence-corrected chi connectivity index (χ0v) is 13.8. The summed E-state index contributed by atoms with van der Waals surface area (Å²) in [4.78, 5) is 0. The van der Waals surface area contributed by atoms with Crippen LogP contribution in [0.2, 0.25) is 0 Å². The van der Waals surface area contributed by atoms with E-state index >= 15 is 0 Å². The molecule has 0 saturated carbocycles. The number of hydrogen-bond donors (Lipinski definition) is 1. The van der Waals surface area contributed by atoms with Gasteiger partial charge in [-0.25, -0.2) is 0 Å². The molecule has 0 saturated heterocycles. The van der Waals surface area contributed by atoms with E-state index in [-0.39, 0.29) is 0 Å². The second-order valence-corrected chi connectivity index (χ2v) is 5.99. The van der Waals surface area contributed by atoms with Gasteiger partial charge in [0.25, 0.3) is 0 Å². The molecule has 2 aromatic rings. The lowest BCUT2D eigenvalue weighted by Crippen LogP contribution is -2.16. The summed E-state index contributed by atoms with van der Waals surface area (Å²) < 4.78 is 18.2. The second kappa shape index (κ2) is 6.20. The number of hydrogen-bond acceptors (Lipinski definition) is 4. The summed E-state index contributed by atoms with van der Waals surface area (Å²) in [5.41, 5.74) is 1.15. The zero-order valence-electron chi connectivity index (χ0n) is 10.6. The van der Waals surface area contributed by atoms with Gasteiger partial charge in [-0.1, -0.05) is 6.07 Å². The van der Waals surface area contributed by atoms with Crippen LogP contribution in [0, 0.1) is 0 Å². The molecular formula is C14H13Br2NO3. The van der Waals surface area contributed by atoms with Crippen molar-refractivity contribution < 1.29 is 13.9 Å². The van der Waals surface area contributed by atoms with Crippen LogP contribution in [0.25, 0.3) is 0 Å². The van der Waals surface area contributed by atoms with Crippen molar-refractivity contribution in [3.63, 3.8) is 0 Å². The van der Waals surface area contributed by atoms with E-state index in [2.05, 4.69) is 37.2 Å². The number of halogens is 2. The highest BCUT2D eigenvalue weighted by atomic mass is 79.9. The van der Waals surface area contributed by atoms with Crippen molar-refractivity contribution in [1.29, 1.82) is 0 Å². The number of benzene rings is 1. The van der Waals surface area contributed by atoms with Crippen LogP contribution in [0.5, 0.6) is 11.5 Å². The van der Waals surface area contributed by atoms with Crippen LogP contribution < -0.4 is 14.8 Å². The van der Waals surface area contributed by atoms with Crippen LogP contribution in [0.15, 0.2) is 37.8 Å². The maximum atomic E-state index is 5.56. The van der Waals surface area contributed by atoms with Crippen LogP contribution in [0.1, 0.15) is 11.3 Å². The first-order chi connectivity index (χ1) is 9.72. The van der Waals surface area contributed by atoms with E-state index in [1.54, 1.807) is 0 Å². The molecule has 0 spiro atoms. The Labute approximate surface area is 133 Å². The zero-order chi connectivity index (χ0) is 13.9. The molecule has 0 radical (unpaired) electrons. The maximum absolute atomic E-state index is 5.56. The predicted molar refractivity (Wildman–Crippen MR) is 82.1 cm³/mol. The first-order valence-corrected chi connectivity index (χ1v) is 7.84. The number of fused-ring (bicyclic) bond motifs is 1. The summed E-state index contributed by atoms with van der Waals surface area (Å²) in [6.07, 6.45) is 0. The van der Waals surface area contributed by atoms with Crippen molar-refractivity contribution in [2.45, 2.75) is 13.1 Å². The third kappa shape index (κ3) is 3.19. The largest absolute Gasteiger partial charge is 0.486 e. The molecule has 1 aromatic heterocycles. The quantitative estimate of drug-likeness (QED) is 0.843. The molecule has 0 unspecified atom stereocenters. The molecule has 0 amide bonds. The minimum absolute atomic E-state index is 0.609.